The number of hydrogen-bond acceptors (Lipinski definition) is 3. The summed E-state index contributed by atoms with van der Waals surface area (Å²) in [5.41, 5.74) is -0.446. The van der Waals surface area contributed by atoms with Gasteiger partial charge in [0.25, 0.3) is 0 Å². The van der Waals surface area contributed by atoms with Crippen molar-refractivity contribution in [1.82, 2.24) is 9.97 Å². The highest BCUT2D eigenvalue weighted by molar-refractivity contribution is 9.10. The summed E-state index contributed by atoms with van der Waals surface area (Å²) in [5.74, 6) is 0.911. The normalized spacial score (nSPS) is 11.5. The first-order valence-corrected chi connectivity index (χ1v) is 6.99. The first-order chi connectivity index (χ1) is 9.25. The van der Waals surface area contributed by atoms with Gasteiger partial charge in [-0.25, -0.2) is 9.97 Å². The maximum absolute atomic E-state index is 12.7. The van der Waals surface area contributed by atoms with E-state index in [4.69, 9.17) is 0 Å². The highest BCUT2D eigenvalue weighted by Crippen LogP contribution is 2.35. The fourth-order valence-electron chi connectivity index (χ4n) is 1.53. The molecule has 0 radical (unpaired) electrons. The highest BCUT2D eigenvalue weighted by atomic mass is 79.9. The number of nitrogens with zero attached hydrogens (tertiary/aromatic N) is 2. The molecule has 0 fully saturated rings. The molecule has 0 amide bonds. The third kappa shape index (κ3) is 3.69. The molecule has 1 heterocycles. The van der Waals surface area contributed by atoms with Crippen LogP contribution in [0.3, 0.4) is 0 Å². The standard InChI is InChI=1S/C12H8Br2F3N3/c1-6-18-10(14)5-11(19-6)20-9-4-7(12(15,16)17)2-3-8(9)13/h2-5H,1H3,(H,18,19,20). The summed E-state index contributed by atoms with van der Waals surface area (Å²) < 4.78 is 39.1. The summed E-state index contributed by atoms with van der Waals surface area (Å²) in [5, 5.41) is 2.84. The maximum Gasteiger partial charge on any atom is 0.416 e. The van der Waals surface area contributed by atoms with Crippen LogP contribution in [0.1, 0.15) is 11.4 Å². The van der Waals surface area contributed by atoms with Gasteiger partial charge in [-0.15, -0.1) is 0 Å². The number of hydrogen-bond donors (Lipinski definition) is 1. The number of alkyl halides is 3. The Labute approximate surface area is 129 Å². The summed E-state index contributed by atoms with van der Waals surface area (Å²) in [4.78, 5) is 8.14. The SMILES string of the molecule is Cc1nc(Br)cc(Nc2cc(C(F)(F)F)ccc2Br)n1. The Kier molecular flexibility index (Phi) is 4.33. The van der Waals surface area contributed by atoms with Crippen molar-refractivity contribution < 1.29 is 13.2 Å². The molecule has 1 aromatic carbocycles. The van der Waals surface area contributed by atoms with Gasteiger partial charge in [-0.05, 0) is 57.0 Å². The van der Waals surface area contributed by atoms with Gasteiger partial charge in [-0.1, -0.05) is 0 Å². The van der Waals surface area contributed by atoms with Crippen LogP contribution in [0.4, 0.5) is 24.7 Å². The van der Waals surface area contributed by atoms with Crippen molar-refractivity contribution in [1.29, 1.82) is 0 Å². The minimum Gasteiger partial charge on any atom is -0.339 e. The van der Waals surface area contributed by atoms with Crippen LogP contribution in [0.15, 0.2) is 33.3 Å². The van der Waals surface area contributed by atoms with E-state index in [2.05, 4.69) is 47.1 Å². The van der Waals surface area contributed by atoms with E-state index in [-0.39, 0.29) is 5.69 Å². The molecule has 0 atom stereocenters. The van der Waals surface area contributed by atoms with Crippen LogP contribution < -0.4 is 5.32 Å². The lowest BCUT2D eigenvalue weighted by Gasteiger charge is -2.12. The van der Waals surface area contributed by atoms with Gasteiger partial charge in [0, 0.05) is 10.5 Å². The quantitative estimate of drug-likeness (QED) is 0.702. The molecule has 0 aliphatic rings. The monoisotopic (exact) mass is 409 g/mol. The number of anilines is 2. The maximum atomic E-state index is 12.7. The van der Waals surface area contributed by atoms with Gasteiger partial charge < -0.3 is 5.32 Å². The molecule has 3 nitrogen and oxygen atoms in total. The molecule has 0 aliphatic heterocycles. The molecule has 1 N–H and O–H groups in total. The van der Waals surface area contributed by atoms with E-state index >= 15 is 0 Å². The lowest BCUT2D eigenvalue weighted by molar-refractivity contribution is -0.137. The number of halogens is 5. The fraction of sp³-hybridized carbons (Fsp3) is 0.167. The molecule has 0 aliphatic carbocycles. The molecule has 0 unspecified atom stereocenters. The molecule has 1 aromatic heterocycles. The Bertz CT molecular complexity index is 624. The molecule has 0 saturated heterocycles. The van der Waals surface area contributed by atoms with Crippen LogP contribution in [0.5, 0.6) is 0 Å². The van der Waals surface area contributed by atoms with Crippen LogP contribution in [-0.4, -0.2) is 9.97 Å². The van der Waals surface area contributed by atoms with E-state index < -0.39 is 11.7 Å². The predicted molar refractivity (Wildman–Crippen MR) is 76.9 cm³/mol. The summed E-state index contributed by atoms with van der Waals surface area (Å²) in [6, 6.07) is 4.96. The van der Waals surface area contributed by atoms with E-state index in [9.17, 15) is 13.2 Å². The topological polar surface area (TPSA) is 37.8 Å². The van der Waals surface area contributed by atoms with Crippen LogP contribution in [-0.2, 0) is 6.18 Å². The molecular formula is C12H8Br2F3N3. The second-order valence-corrected chi connectivity index (χ2v) is 5.61. The van der Waals surface area contributed by atoms with Crippen molar-refractivity contribution in [2.75, 3.05) is 5.32 Å². The van der Waals surface area contributed by atoms with Gasteiger partial charge in [0.05, 0.1) is 11.3 Å². The minimum absolute atomic E-state index is 0.282. The zero-order valence-corrected chi connectivity index (χ0v) is 13.3. The fourth-order valence-corrected chi connectivity index (χ4v) is 2.35. The van der Waals surface area contributed by atoms with Crippen molar-refractivity contribution in [3.8, 4) is 0 Å². The van der Waals surface area contributed by atoms with Crippen LogP contribution in [0.25, 0.3) is 0 Å². The first-order valence-electron chi connectivity index (χ1n) is 5.40. The van der Waals surface area contributed by atoms with E-state index in [1.807, 2.05) is 0 Å². The van der Waals surface area contributed by atoms with Crippen molar-refractivity contribution in [2.45, 2.75) is 13.1 Å². The third-order valence-electron chi connectivity index (χ3n) is 2.36. The van der Waals surface area contributed by atoms with E-state index in [1.54, 1.807) is 13.0 Å². The van der Waals surface area contributed by atoms with Crippen LogP contribution in [0.2, 0.25) is 0 Å². The lowest BCUT2D eigenvalue weighted by atomic mass is 10.2. The number of aryl methyl sites for hydroxylation is 1. The summed E-state index contributed by atoms with van der Waals surface area (Å²) >= 11 is 6.41. The molecule has 0 bridgehead atoms. The summed E-state index contributed by atoms with van der Waals surface area (Å²) in [6.45, 7) is 1.69. The molecule has 2 aromatic rings. The lowest BCUT2D eigenvalue weighted by Crippen LogP contribution is -2.06. The van der Waals surface area contributed by atoms with Crippen LogP contribution >= 0.6 is 31.9 Å². The molecule has 106 valence electrons. The summed E-state index contributed by atoms with van der Waals surface area (Å²) in [7, 11) is 0. The number of rotatable bonds is 2. The summed E-state index contributed by atoms with van der Waals surface area (Å²) in [6.07, 6.45) is -4.39. The van der Waals surface area contributed by atoms with Crippen LogP contribution in [0, 0.1) is 6.92 Å². The molecule has 2 rings (SSSR count). The first kappa shape index (κ1) is 15.2. The van der Waals surface area contributed by atoms with Gasteiger partial charge >= 0.3 is 6.18 Å². The molecule has 8 heteroatoms. The highest BCUT2D eigenvalue weighted by Gasteiger charge is 2.30. The molecule has 0 saturated carbocycles. The van der Waals surface area contributed by atoms with Crippen molar-refractivity contribution >= 4 is 43.4 Å². The predicted octanol–water partition coefficient (Wildman–Crippen LogP) is 5.07. The minimum atomic E-state index is -4.39. The van der Waals surface area contributed by atoms with Gasteiger partial charge in [0.2, 0.25) is 0 Å². The number of aromatic nitrogens is 2. The second kappa shape index (κ2) is 5.69. The van der Waals surface area contributed by atoms with E-state index in [0.29, 0.717) is 20.7 Å². The third-order valence-corrected chi connectivity index (χ3v) is 3.46. The molecule has 20 heavy (non-hydrogen) atoms. The Hall–Kier alpha value is -1.15. The van der Waals surface area contributed by atoms with Crippen molar-refractivity contribution in [3.05, 3.63) is 44.7 Å². The Morgan fingerprint density at radius 3 is 2.40 bits per heavy atom. The van der Waals surface area contributed by atoms with Gasteiger partial charge in [-0.2, -0.15) is 13.2 Å². The van der Waals surface area contributed by atoms with E-state index in [0.717, 1.165) is 12.1 Å². The number of benzene rings is 1. The average molecular weight is 411 g/mol. The molecule has 0 spiro atoms. The Balaban J connectivity index is 2.37. The van der Waals surface area contributed by atoms with Gasteiger partial charge in [0.15, 0.2) is 0 Å². The second-order valence-electron chi connectivity index (χ2n) is 3.94. The smallest absolute Gasteiger partial charge is 0.339 e. The zero-order chi connectivity index (χ0) is 14.9. The van der Waals surface area contributed by atoms with Gasteiger partial charge in [-0.3, -0.25) is 0 Å². The Morgan fingerprint density at radius 2 is 1.80 bits per heavy atom. The van der Waals surface area contributed by atoms with Crippen molar-refractivity contribution in [2.24, 2.45) is 0 Å². The number of nitrogens with one attached hydrogen (secondary N) is 1. The van der Waals surface area contributed by atoms with E-state index in [1.165, 1.54) is 6.07 Å². The average Bonchev–Trinajstić information content (AvgIpc) is 2.29. The largest absolute Gasteiger partial charge is 0.416 e. The van der Waals surface area contributed by atoms with Crippen molar-refractivity contribution in [3.63, 3.8) is 0 Å². The van der Waals surface area contributed by atoms with Gasteiger partial charge in [0.1, 0.15) is 16.2 Å². The molecular weight excluding hydrogens is 403 g/mol. The Morgan fingerprint density at radius 1 is 1.10 bits per heavy atom. The zero-order valence-electron chi connectivity index (χ0n) is 10.1.